The van der Waals surface area contributed by atoms with Gasteiger partial charge < -0.3 is 20.1 Å². The summed E-state index contributed by atoms with van der Waals surface area (Å²) in [7, 11) is 0. The van der Waals surface area contributed by atoms with Crippen LogP contribution in [-0.2, 0) is 9.53 Å². The summed E-state index contributed by atoms with van der Waals surface area (Å²) in [5.74, 6) is -1.34. The van der Waals surface area contributed by atoms with Crippen LogP contribution in [0.2, 0.25) is 0 Å². The van der Waals surface area contributed by atoms with Crippen molar-refractivity contribution < 1.29 is 28.2 Å². The zero-order chi connectivity index (χ0) is 27.9. The van der Waals surface area contributed by atoms with Crippen LogP contribution in [0.1, 0.15) is 40.1 Å². The van der Waals surface area contributed by atoms with Crippen LogP contribution in [0.25, 0.3) is 11.1 Å². The Morgan fingerprint density at radius 2 is 1.59 bits per heavy atom. The molecule has 0 aliphatic rings. The number of carbonyl (C=O) groups is 3. The number of ether oxygens (including phenoxy) is 2. The summed E-state index contributed by atoms with van der Waals surface area (Å²) >= 11 is 1.25. The van der Waals surface area contributed by atoms with Crippen molar-refractivity contribution in [2.24, 2.45) is 0 Å². The second-order valence-corrected chi connectivity index (χ2v) is 9.55. The average Bonchev–Trinajstić information content (AvgIpc) is 3.34. The van der Waals surface area contributed by atoms with Gasteiger partial charge in [0.15, 0.2) is 6.10 Å². The second-order valence-electron chi connectivity index (χ2n) is 8.67. The van der Waals surface area contributed by atoms with Gasteiger partial charge in [-0.25, -0.2) is 9.18 Å². The van der Waals surface area contributed by atoms with Crippen LogP contribution < -0.4 is 15.4 Å². The van der Waals surface area contributed by atoms with Gasteiger partial charge in [0.2, 0.25) is 0 Å². The Balaban J connectivity index is 1.44. The molecular weight excluding hydrogens is 519 g/mol. The molecule has 0 radical (unpaired) electrons. The summed E-state index contributed by atoms with van der Waals surface area (Å²) in [6.45, 7) is 5.50. The average molecular weight is 547 g/mol. The quantitative estimate of drug-likeness (QED) is 0.228. The van der Waals surface area contributed by atoms with Crippen molar-refractivity contribution in [2.45, 2.75) is 26.9 Å². The molecule has 9 heteroatoms. The lowest BCUT2D eigenvalue weighted by Gasteiger charge is -2.15. The topological polar surface area (TPSA) is 93.7 Å². The molecule has 0 saturated carbocycles. The first-order valence-electron chi connectivity index (χ1n) is 12.2. The number of hydrogen-bond donors (Lipinski definition) is 2. The van der Waals surface area contributed by atoms with Crippen LogP contribution in [-0.4, -0.2) is 30.5 Å². The number of esters is 1. The summed E-state index contributed by atoms with van der Waals surface area (Å²) in [5.41, 5.74) is 3.72. The van der Waals surface area contributed by atoms with Gasteiger partial charge in [0.05, 0.1) is 6.61 Å². The van der Waals surface area contributed by atoms with Gasteiger partial charge in [-0.1, -0.05) is 29.8 Å². The number of amides is 2. The minimum absolute atomic E-state index is 0.206. The van der Waals surface area contributed by atoms with Gasteiger partial charge in [-0.05, 0) is 74.9 Å². The molecule has 200 valence electrons. The van der Waals surface area contributed by atoms with Gasteiger partial charge in [-0.3, -0.25) is 9.59 Å². The number of rotatable bonds is 9. The van der Waals surface area contributed by atoms with E-state index in [0.717, 1.165) is 11.1 Å². The minimum Gasteiger partial charge on any atom is -0.481 e. The standard InChI is InChI=1S/C30H27FN2O5S/c1-4-37-30(36)26-25(20-7-5-18(2)6-8-20)17-39-29(26)33-28(35)21-9-15-24(16-10-21)38-19(3)27(34)32-23-13-11-22(31)12-14-23/h5-17,19H,4H2,1-3H3,(H,32,34)(H,33,35)/t19-/m1/s1. The number of thiophene rings is 1. The highest BCUT2D eigenvalue weighted by Crippen LogP contribution is 2.36. The lowest BCUT2D eigenvalue weighted by Crippen LogP contribution is -2.30. The number of hydrogen-bond acceptors (Lipinski definition) is 6. The van der Waals surface area contributed by atoms with Gasteiger partial charge in [0.25, 0.3) is 11.8 Å². The van der Waals surface area contributed by atoms with E-state index in [4.69, 9.17) is 9.47 Å². The molecule has 1 atom stereocenters. The normalized spacial score (nSPS) is 11.4. The number of aryl methyl sites for hydroxylation is 1. The van der Waals surface area contributed by atoms with Crippen LogP contribution in [0.5, 0.6) is 5.75 Å². The molecule has 0 fully saturated rings. The number of anilines is 2. The summed E-state index contributed by atoms with van der Waals surface area (Å²) < 4.78 is 24.0. The predicted octanol–water partition coefficient (Wildman–Crippen LogP) is 6.70. The molecule has 1 heterocycles. The maximum absolute atomic E-state index is 13.1. The Kier molecular flexibility index (Phi) is 8.73. The largest absolute Gasteiger partial charge is 0.481 e. The molecule has 0 bridgehead atoms. The maximum Gasteiger partial charge on any atom is 0.341 e. The summed E-state index contributed by atoms with van der Waals surface area (Å²) in [6, 6.07) is 19.5. The van der Waals surface area contributed by atoms with Crippen LogP contribution in [0.15, 0.2) is 78.2 Å². The van der Waals surface area contributed by atoms with Crippen LogP contribution >= 0.6 is 11.3 Å². The molecule has 0 aliphatic carbocycles. The van der Waals surface area contributed by atoms with E-state index in [1.165, 1.54) is 35.6 Å². The molecule has 3 aromatic carbocycles. The third kappa shape index (κ3) is 6.88. The summed E-state index contributed by atoms with van der Waals surface area (Å²) in [6.07, 6.45) is -0.840. The van der Waals surface area contributed by atoms with E-state index < -0.39 is 29.7 Å². The predicted molar refractivity (Wildman–Crippen MR) is 150 cm³/mol. The molecule has 39 heavy (non-hydrogen) atoms. The lowest BCUT2D eigenvalue weighted by molar-refractivity contribution is -0.122. The zero-order valence-electron chi connectivity index (χ0n) is 21.6. The van der Waals surface area contributed by atoms with Crippen LogP contribution in [0.3, 0.4) is 0 Å². The van der Waals surface area contributed by atoms with Crippen LogP contribution in [0.4, 0.5) is 15.1 Å². The number of benzene rings is 3. The smallest absolute Gasteiger partial charge is 0.341 e. The van der Waals surface area contributed by atoms with Crippen molar-refractivity contribution in [3.05, 3.63) is 101 Å². The van der Waals surface area contributed by atoms with E-state index in [0.29, 0.717) is 33.1 Å². The molecular formula is C30H27FN2O5S. The number of nitrogens with one attached hydrogen (secondary N) is 2. The maximum atomic E-state index is 13.1. The third-order valence-electron chi connectivity index (χ3n) is 5.77. The first kappa shape index (κ1) is 27.5. The summed E-state index contributed by atoms with van der Waals surface area (Å²) in [5, 5.41) is 7.69. The fraction of sp³-hybridized carbons (Fsp3) is 0.167. The van der Waals surface area contributed by atoms with Gasteiger partial charge in [0.1, 0.15) is 22.1 Å². The molecule has 4 aromatic rings. The van der Waals surface area contributed by atoms with Gasteiger partial charge in [-0.2, -0.15) is 0 Å². The summed E-state index contributed by atoms with van der Waals surface area (Å²) in [4.78, 5) is 38.2. The zero-order valence-corrected chi connectivity index (χ0v) is 22.4. The Labute approximate surface area is 229 Å². The number of carbonyl (C=O) groups excluding carboxylic acids is 3. The highest BCUT2D eigenvalue weighted by molar-refractivity contribution is 7.15. The number of halogens is 1. The van der Waals surface area contributed by atoms with Crippen molar-refractivity contribution in [2.75, 3.05) is 17.2 Å². The van der Waals surface area contributed by atoms with Crippen molar-refractivity contribution in [3.63, 3.8) is 0 Å². The third-order valence-corrected chi connectivity index (χ3v) is 6.67. The lowest BCUT2D eigenvalue weighted by atomic mass is 10.0. The van der Waals surface area contributed by atoms with Gasteiger partial charge >= 0.3 is 5.97 Å². The Hall–Kier alpha value is -4.50. The molecule has 1 aromatic heterocycles. The van der Waals surface area contributed by atoms with E-state index in [1.54, 1.807) is 38.1 Å². The minimum atomic E-state index is -0.840. The second kappa shape index (κ2) is 12.4. The molecule has 4 rings (SSSR count). The van der Waals surface area contributed by atoms with Gasteiger partial charge in [0, 0.05) is 22.2 Å². The monoisotopic (exact) mass is 546 g/mol. The van der Waals surface area contributed by atoms with Crippen molar-refractivity contribution >= 4 is 39.8 Å². The fourth-order valence-electron chi connectivity index (χ4n) is 3.70. The van der Waals surface area contributed by atoms with Crippen molar-refractivity contribution in [1.29, 1.82) is 0 Å². The molecule has 0 unspecified atom stereocenters. The molecule has 7 nitrogen and oxygen atoms in total. The Bertz CT molecular complexity index is 1460. The SMILES string of the molecule is CCOC(=O)c1c(-c2ccc(C)cc2)csc1NC(=O)c1ccc(O[C@H](C)C(=O)Nc2ccc(F)cc2)cc1. The molecule has 2 amide bonds. The molecule has 0 spiro atoms. The fourth-order valence-corrected chi connectivity index (χ4v) is 4.65. The molecule has 0 saturated heterocycles. The van der Waals surface area contributed by atoms with Crippen molar-refractivity contribution in [1.82, 2.24) is 0 Å². The van der Waals surface area contributed by atoms with Crippen LogP contribution in [0, 0.1) is 12.7 Å². The molecule has 0 aliphatic heterocycles. The highest BCUT2D eigenvalue weighted by Gasteiger charge is 2.23. The van der Waals surface area contributed by atoms with E-state index in [1.807, 2.05) is 36.6 Å². The van der Waals surface area contributed by atoms with Crippen molar-refractivity contribution in [3.8, 4) is 16.9 Å². The Morgan fingerprint density at radius 1 is 0.923 bits per heavy atom. The first-order chi connectivity index (χ1) is 18.7. The Morgan fingerprint density at radius 3 is 2.23 bits per heavy atom. The van der Waals surface area contributed by atoms with E-state index in [2.05, 4.69) is 10.6 Å². The van der Waals surface area contributed by atoms with E-state index >= 15 is 0 Å². The van der Waals surface area contributed by atoms with Gasteiger partial charge in [-0.15, -0.1) is 11.3 Å². The molecule has 2 N–H and O–H groups in total. The highest BCUT2D eigenvalue weighted by atomic mass is 32.1. The van der Waals surface area contributed by atoms with E-state index in [9.17, 15) is 18.8 Å². The first-order valence-corrected chi connectivity index (χ1v) is 13.1. The van der Waals surface area contributed by atoms with E-state index in [-0.39, 0.29) is 6.61 Å².